The Labute approximate surface area is 123 Å². The zero-order valence-electron chi connectivity index (χ0n) is 12.6. The Kier molecular flexibility index (Phi) is 6.48. The summed E-state index contributed by atoms with van der Waals surface area (Å²) < 4.78 is 15.0. The average Bonchev–Trinajstić information content (AvgIpc) is 2.51. The lowest BCUT2D eigenvalue weighted by Gasteiger charge is -2.14. The summed E-state index contributed by atoms with van der Waals surface area (Å²) in [6.45, 7) is 0.534. The molecular formula is C14H20N2O5. The van der Waals surface area contributed by atoms with Crippen LogP contribution in [0.1, 0.15) is 16.8 Å². The van der Waals surface area contributed by atoms with Gasteiger partial charge in [-0.25, -0.2) is 4.79 Å². The Morgan fingerprint density at radius 1 is 1.10 bits per heavy atom. The number of anilines is 1. The standard InChI is InChI=1S/C14H20N2O5/c1-15-6-5-13(17)16-10-8-12(20-3)11(19-2)7-9(10)14(18)21-4/h7-8,15H,5-6H2,1-4H3,(H,16,17). The molecule has 1 aromatic carbocycles. The van der Waals surface area contributed by atoms with Crippen LogP contribution in [0.2, 0.25) is 0 Å². The van der Waals surface area contributed by atoms with E-state index in [1.54, 1.807) is 7.05 Å². The highest BCUT2D eigenvalue weighted by atomic mass is 16.5. The fraction of sp³-hybridized carbons (Fsp3) is 0.429. The number of methoxy groups -OCH3 is 3. The van der Waals surface area contributed by atoms with E-state index in [0.717, 1.165) is 0 Å². The summed E-state index contributed by atoms with van der Waals surface area (Å²) >= 11 is 0. The summed E-state index contributed by atoms with van der Waals surface area (Å²) in [4.78, 5) is 23.6. The quantitative estimate of drug-likeness (QED) is 0.731. The lowest BCUT2D eigenvalue weighted by molar-refractivity contribution is -0.116. The smallest absolute Gasteiger partial charge is 0.340 e. The number of ether oxygens (including phenoxy) is 3. The van der Waals surface area contributed by atoms with E-state index in [0.29, 0.717) is 23.7 Å². The Morgan fingerprint density at radius 3 is 2.24 bits per heavy atom. The number of rotatable bonds is 7. The fourth-order valence-electron chi connectivity index (χ4n) is 1.71. The second-order valence-corrected chi connectivity index (χ2v) is 4.15. The predicted octanol–water partition coefficient (Wildman–Crippen LogP) is 1.04. The molecule has 0 fully saturated rings. The van der Waals surface area contributed by atoms with E-state index in [9.17, 15) is 9.59 Å². The molecule has 7 heteroatoms. The Bertz CT molecular complexity index is 516. The van der Waals surface area contributed by atoms with Crippen LogP contribution in [0, 0.1) is 0 Å². The van der Waals surface area contributed by atoms with Gasteiger partial charge in [-0.2, -0.15) is 0 Å². The molecule has 0 radical (unpaired) electrons. The van der Waals surface area contributed by atoms with E-state index < -0.39 is 5.97 Å². The first kappa shape index (κ1) is 16.8. The summed E-state index contributed by atoms with van der Waals surface area (Å²) in [5.74, 6) is 0.00165. The minimum Gasteiger partial charge on any atom is -0.493 e. The maximum Gasteiger partial charge on any atom is 0.340 e. The monoisotopic (exact) mass is 296 g/mol. The molecule has 0 aromatic heterocycles. The second kappa shape index (κ2) is 8.11. The lowest BCUT2D eigenvalue weighted by Crippen LogP contribution is -2.20. The molecule has 0 saturated heterocycles. The van der Waals surface area contributed by atoms with Gasteiger partial charge >= 0.3 is 5.97 Å². The number of nitrogens with one attached hydrogen (secondary N) is 2. The molecule has 0 saturated carbocycles. The van der Waals surface area contributed by atoms with Crippen LogP contribution < -0.4 is 20.1 Å². The fourth-order valence-corrected chi connectivity index (χ4v) is 1.71. The zero-order chi connectivity index (χ0) is 15.8. The third-order valence-corrected chi connectivity index (χ3v) is 2.81. The van der Waals surface area contributed by atoms with Crippen molar-refractivity contribution in [2.24, 2.45) is 0 Å². The maximum atomic E-state index is 11.8. The first-order chi connectivity index (χ1) is 10.1. The minimum atomic E-state index is -0.570. The molecule has 0 aliphatic rings. The van der Waals surface area contributed by atoms with Gasteiger partial charge < -0.3 is 24.8 Å². The maximum absolute atomic E-state index is 11.8. The number of esters is 1. The van der Waals surface area contributed by atoms with Gasteiger partial charge in [-0.05, 0) is 7.05 Å². The molecular weight excluding hydrogens is 276 g/mol. The van der Waals surface area contributed by atoms with E-state index in [-0.39, 0.29) is 17.9 Å². The molecule has 21 heavy (non-hydrogen) atoms. The average molecular weight is 296 g/mol. The molecule has 2 N–H and O–H groups in total. The van der Waals surface area contributed by atoms with Gasteiger partial charge in [0.05, 0.1) is 32.6 Å². The van der Waals surface area contributed by atoms with Crippen molar-refractivity contribution >= 4 is 17.6 Å². The predicted molar refractivity (Wildman–Crippen MR) is 78.1 cm³/mol. The summed E-state index contributed by atoms with van der Waals surface area (Å²) in [7, 11) is 5.96. The Balaban J connectivity index is 3.14. The van der Waals surface area contributed by atoms with Crippen LogP contribution in [-0.4, -0.2) is 46.8 Å². The Hall–Kier alpha value is -2.28. The van der Waals surface area contributed by atoms with Crippen molar-refractivity contribution in [2.45, 2.75) is 6.42 Å². The van der Waals surface area contributed by atoms with E-state index in [1.165, 1.54) is 33.5 Å². The first-order valence-electron chi connectivity index (χ1n) is 6.36. The van der Waals surface area contributed by atoms with Gasteiger partial charge in [0.2, 0.25) is 5.91 Å². The van der Waals surface area contributed by atoms with Crippen LogP contribution in [0.15, 0.2) is 12.1 Å². The van der Waals surface area contributed by atoms with Crippen molar-refractivity contribution in [3.63, 3.8) is 0 Å². The molecule has 0 unspecified atom stereocenters. The molecule has 1 rings (SSSR count). The largest absolute Gasteiger partial charge is 0.493 e. The van der Waals surface area contributed by atoms with Crippen molar-refractivity contribution in [2.75, 3.05) is 40.2 Å². The molecule has 1 amide bonds. The Morgan fingerprint density at radius 2 is 1.71 bits per heavy atom. The number of carbonyl (C=O) groups is 2. The summed E-state index contributed by atoms with van der Waals surface area (Å²) in [6.07, 6.45) is 0.283. The van der Waals surface area contributed by atoms with E-state index in [2.05, 4.69) is 10.6 Å². The summed E-state index contributed by atoms with van der Waals surface area (Å²) in [6, 6.07) is 3.00. The molecule has 0 aliphatic heterocycles. The summed E-state index contributed by atoms with van der Waals surface area (Å²) in [5, 5.41) is 5.55. The summed E-state index contributed by atoms with van der Waals surface area (Å²) in [5.41, 5.74) is 0.522. The van der Waals surface area contributed by atoms with Crippen LogP contribution >= 0.6 is 0 Å². The van der Waals surface area contributed by atoms with Crippen LogP contribution in [0.4, 0.5) is 5.69 Å². The number of hydrogen-bond acceptors (Lipinski definition) is 6. The van der Waals surface area contributed by atoms with Gasteiger partial charge in [0.1, 0.15) is 0 Å². The number of hydrogen-bond donors (Lipinski definition) is 2. The molecule has 0 heterocycles. The van der Waals surface area contributed by atoms with Crippen LogP contribution in [0.5, 0.6) is 11.5 Å². The van der Waals surface area contributed by atoms with Gasteiger partial charge in [-0.1, -0.05) is 0 Å². The van der Waals surface area contributed by atoms with Crippen molar-refractivity contribution < 1.29 is 23.8 Å². The zero-order valence-corrected chi connectivity index (χ0v) is 12.6. The lowest BCUT2D eigenvalue weighted by atomic mass is 10.1. The minimum absolute atomic E-state index is 0.202. The van der Waals surface area contributed by atoms with E-state index >= 15 is 0 Å². The van der Waals surface area contributed by atoms with Gasteiger partial charge in [0.25, 0.3) is 0 Å². The van der Waals surface area contributed by atoms with Crippen LogP contribution in [-0.2, 0) is 9.53 Å². The molecule has 116 valence electrons. The number of amides is 1. The normalized spacial score (nSPS) is 9.90. The molecule has 0 aliphatic carbocycles. The van der Waals surface area contributed by atoms with Crippen molar-refractivity contribution in [1.29, 1.82) is 0 Å². The van der Waals surface area contributed by atoms with Crippen molar-refractivity contribution in [3.05, 3.63) is 17.7 Å². The first-order valence-corrected chi connectivity index (χ1v) is 6.36. The molecule has 0 spiro atoms. The highest BCUT2D eigenvalue weighted by Gasteiger charge is 2.18. The SMILES string of the molecule is CNCCC(=O)Nc1cc(OC)c(OC)cc1C(=O)OC. The molecule has 0 bridgehead atoms. The van der Waals surface area contributed by atoms with Gasteiger partial charge in [0, 0.05) is 25.1 Å². The van der Waals surface area contributed by atoms with Gasteiger partial charge in [-0.15, -0.1) is 0 Å². The number of carbonyl (C=O) groups excluding carboxylic acids is 2. The number of benzene rings is 1. The highest BCUT2D eigenvalue weighted by Crippen LogP contribution is 2.33. The molecule has 0 atom stereocenters. The van der Waals surface area contributed by atoms with E-state index in [4.69, 9.17) is 14.2 Å². The third kappa shape index (κ3) is 4.35. The van der Waals surface area contributed by atoms with Gasteiger partial charge in [-0.3, -0.25) is 4.79 Å². The third-order valence-electron chi connectivity index (χ3n) is 2.81. The van der Waals surface area contributed by atoms with Crippen LogP contribution in [0.25, 0.3) is 0 Å². The van der Waals surface area contributed by atoms with Crippen molar-refractivity contribution in [1.82, 2.24) is 5.32 Å². The highest BCUT2D eigenvalue weighted by molar-refractivity contribution is 6.02. The molecule has 7 nitrogen and oxygen atoms in total. The second-order valence-electron chi connectivity index (χ2n) is 4.15. The molecule has 1 aromatic rings. The van der Waals surface area contributed by atoms with Crippen LogP contribution in [0.3, 0.4) is 0 Å². The van der Waals surface area contributed by atoms with Crippen molar-refractivity contribution in [3.8, 4) is 11.5 Å². The van der Waals surface area contributed by atoms with Gasteiger partial charge in [0.15, 0.2) is 11.5 Å². The topological polar surface area (TPSA) is 85.9 Å². The van der Waals surface area contributed by atoms with E-state index in [1.807, 2.05) is 0 Å².